The second-order valence-corrected chi connectivity index (χ2v) is 8.13. The summed E-state index contributed by atoms with van der Waals surface area (Å²) in [5.74, 6) is -1.67. The normalized spacial score (nSPS) is 20.8. The largest absolute Gasteiger partial charge is 0.478 e. The van der Waals surface area contributed by atoms with Crippen molar-refractivity contribution >= 4 is 16.2 Å². The van der Waals surface area contributed by atoms with Crippen molar-refractivity contribution in [2.24, 2.45) is 0 Å². The molecular weight excluding hydrogens is 343 g/mol. The number of nitrogens with zero attached hydrogens (tertiary/aromatic N) is 2. The molecule has 1 aliphatic rings. The van der Waals surface area contributed by atoms with Gasteiger partial charge in [0.15, 0.2) is 0 Å². The summed E-state index contributed by atoms with van der Waals surface area (Å²) in [5, 5.41) is 8.89. The second-order valence-electron chi connectivity index (χ2n) is 5.72. The van der Waals surface area contributed by atoms with Crippen molar-refractivity contribution in [3.63, 3.8) is 0 Å². The average Bonchev–Trinajstić information content (AvgIpc) is 2.38. The SMILES string of the molecule is CN1CCN(Cc2cc(C(=O)O)cc(S(F)(F)(F)(F)F)c2)CC1. The number of carboxylic acid groups (broad SMARTS) is 1. The Morgan fingerprint density at radius 1 is 1.09 bits per heavy atom. The molecule has 1 fully saturated rings. The Morgan fingerprint density at radius 3 is 2.13 bits per heavy atom. The van der Waals surface area contributed by atoms with Crippen molar-refractivity contribution in [1.29, 1.82) is 0 Å². The summed E-state index contributed by atoms with van der Waals surface area (Å²) in [6.45, 7) is 2.54. The van der Waals surface area contributed by atoms with Crippen molar-refractivity contribution in [2.75, 3.05) is 33.2 Å². The lowest BCUT2D eigenvalue weighted by atomic mass is 10.1. The topological polar surface area (TPSA) is 43.8 Å². The molecule has 1 aromatic carbocycles. The Kier molecular flexibility index (Phi) is 3.94. The van der Waals surface area contributed by atoms with Gasteiger partial charge in [-0.3, -0.25) is 4.90 Å². The summed E-state index contributed by atoms with van der Waals surface area (Å²) in [6, 6.07) is 1.36. The summed E-state index contributed by atoms with van der Waals surface area (Å²) in [5.41, 5.74) is -0.877. The van der Waals surface area contributed by atoms with E-state index in [1.54, 1.807) is 4.90 Å². The first kappa shape index (κ1) is 18.0. The first-order valence-corrected chi connectivity index (χ1v) is 8.72. The Labute approximate surface area is 130 Å². The Bertz CT molecular complexity index is 627. The average molecular weight is 360 g/mol. The highest BCUT2D eigenvalue weighted by molar-refractivity contribution is 8.45. The van der Waals surface area contributed by atoms with Crippen LogP contribution in [0.4, 0.5) is 19.4 Å². The fraction of sp³-hybridized carbons (Fsp3) is 0.462. The molecule has 0 aliphatic carbocycles. The first-order valence-electron chi connectivity index (χ1n) is 6.77. The van der Waals surface area contributed by atoms with Crippen molar-refractivity contribution in [3.05, 3.63) is 29.3 Å². The maximum Gasteiger partial charge on any atom is 0.335 e. The van der Waals surface area contributed by atoms with E-state index in [2.05, 4.69) is 0 Å². The zero-order chi connectivity index (χ0) is 17.5. The molecule has 10 heteroatoms. The zero-order valence-electron chi connectivity index (χ0n) is 12.3. The number of likely N-dealkylation sites (N-methyl/N-ethyl adjacent to an activating group) is 1. The number of piperazine rings is 1. The van der Waals surface area contributed by atoms with E-state index in [0.717, 1.165) is 6.07 Å². The van der Waals surface area contributed by atoms with E-state index in [1.165, 1.54) is 0 Å². The number of halogens is 5. The standard InChI is InChI=1S/C13H17F5N2O2S/c1-19-2-4-20(5-3-19)9-10-6-11(13(21)22)8-12(7-10)23(14,15,16,17)18/h6-8H,2-5,9H2,1H3,(H,21,22). The smallest absolute Gasteiger partial charge is 0.335 e. The minimum absolute atomic E-state index is 0.00261. The first-order chi connectivity index (χ1) is 10.2. The summed E-state index contributed by atoms with van der Waals surface area (Å²) in [7, 11) is -8.03. The predicted octanol–water partition coefficient (Wildman–Crippen LogP) is 3.79. The van der Waals surface area contributed by atoms with Crippen molar-refractivity contribution in [3.8, 4) is 0 Å². The number of hydrogen-bond acceptors (Lipinski definition) is 3. The quantitative estimate of drug-likeness (QED) is 0.830. The molecule has 4 nitrogen and oxygen atoms in total. The highest BCUT2D eigenvalue weighted by Gasteiger charge is 2.65. The van der Waals surface area contributed by atoms with Gasteiger partial charge in [-0.25, -0.2) is 4.79 Å². The Balaban J connectivity index is 2.37. The lowest BCUT2D eigenvalue weighted by molar-refractivity contribution is 0.0696. The molecule has 0 saturated carbocycles. The molecule has 0 atom stereocenters. The Hall–Kier alpha value is -1.39. The molecule has 2 rings (SSSR count). The third-order valence-electron chi connectivity index (χ3n) is 3.66. The molecule has 1 aromatic rings. The number of carboxylic acids is 1. The molecule has 23 heavy (non-hydrogen) atoms. The van der Waals surface area contributed by atoms with Gasteiger partial charge in [0, 0.05) is 32.7 Å². The minimum atomic E-state index is -9.92. The maximum atomic E-state index is 13.0. The van der Waals surface area contributed by atoms with Crippen LogP contribution in [0.1, 0.15) is 15.9 Å². The fourth-order valence-corrected chi connectivity index (χ4v) is 3.09. The van der Waals surface area contributed by atoms with Crippen molar-refractivity contribution < 1.29 is 29.3 Å². The maximum absolute atomic E-state index is 13.0. The van der Waals surface area contributed by atoms with Gasteiger partial charge in [-0.15, -0.1) is 0 Å². The number of aromatic carboxylic acids is 1. The number of rotatable bonds is 4. The van der Waals surface area contributed by atoms with E-state index >= 15 is 0 Å². The van der Waals surface area contributed by atoms with Crippen LogP contribution in [0.25, 0.3) is 0 Å². The van der Waals surface area contributed by atoms with Gasteiger partial charge in [0.25, 0.3) is 0 Å². The molecule has 1 saturated heterocycles. The van der Waals surface area contributed by atoms with Crippen LogP contribution in [-0.2, 0) is 6.54 Å². The summed E-state index contributed by atoms with van der Waals surface area (Å²) in [4.78, 5) is 12.6. The third-order valence-corrected chi connectivity index (χ3v) is 4.79. The molecule has 0 aromatic heterocycles. The van der Waals surface area contributed by atoms with Crippen LogP contribution >= 0.6 is 10.2 Å². The number of benzene rings is 1. The van der Waals surface area contributed by atoms with Gasteiger partial charge < -0.3 is 10.0 Å². The van der Waals surface area contributed by atoms with Crippen molar-refractivity contribution in [2.45, 2.75) is 11.4 Å². The highest BCUT2D eigenvalue weighted by atomic mass is 32.5. The molecule has 0 spiro atoms. The van der Waals surface area contributed by atoms with E-state index in [0.29, 0.717) is 32.2 Å². The van der Waals surface area contributed by atoms with Crippen molar-refractivity contribution in [1.82, 2.24) is 9.80 Å². The zero-order valence-corrected chi connectivity index (χ0v) is 13.1. The minimum Gasteiger partial charge on any atom is -0.478 e. The Morgan fingerprint density at radius 2 is 1.65 bits per heavy atom. The molecule has 1 N–H and O–H groups in total. The van der Waals surface area contributed by atoms with Crippen LogP contribution in [0.2, 0.25) is 0 Å². The summed E-state index contributed by atoms with van der Waals surface area (Å²) >= 11 is 0. The van der Waals surface area contributed by atoms with Gasteiger partial charge in [0.05, 0.1) is 5.56 Å². The third kappa shape index (κ3) is 4.79. The van der Waals surface area contributed by atoms with Crippen LogP contribution in [0, 0.1) is 0 Å². The monoisotopic (exact) mass is 360 g/mol. The van der Waals surface area contributed by atoms with Gasteiger partial charge in [0.1, 0.15) is 4.90 Å². The van der Waals surface area contributed by atoms with Gasteiger partial charge >= 0.3 is 16.2 Å². The van der Waals surface area contributed by atoms with Gasteiger partial charge in [-0.1, -0.05) is 19.4 Å². The second kappa shape index (κ2) is 5.05. The van der Waals surface area contributed by atoms with Gasteiger partial charge in [-0.05, 0) is 30.8 Å². The molecule has 0 amide bonds. The van der Waals surface area contributed by atoms with Crippen LogP contribution < -0.4 is 0 Å². The number of hydrogen-bond donors (Lipinski definition) is 1. The van der Waals surface area contributed by atoms with E-state index in [4.69, 9.17) is 5.11 Å². The van der Waals surface area contributed by atoms with Crippen LogP contribution in [0.15, 0.2) is 23.1 Å². The molecule has 0 radical (unpaired) electrons. The lowest BCUT2D eigenvalue weighted by Crippen LogP contribution is -2.43. The molecule has 132 valence electrons. The van der Waals surface area contributed by atoms with E-state index in [1.807, 2.05) is 11.9 Å². The molecule has 1 aliphatic heterocycles. The van der Waals surface area contributed by atoms with Crippen LogP contribution in [0.5, 0.6) is 0 Å². The predicted molar refractivity (Wildman–Crippen MR) is 77.6 cm³/mol. The molecule has 0 unspecified atom stereocenters. The molecule has 1 heterocycles. The van der Waals surface area contributed by atoms with Crippen LogP contribution in [-0.4, -0.2) is 54.1 Å². The van der Waals surface area contributed by atoms with E-state index in [9.17, 15) is 24.2 Å². The fourth-order valence-electron chi connectivity index (χ4n) is 2.36. The van der Waals surface area contributed by atoms with E-state index in [-0.39, 0.29) is 18.2 Å². The summed E-state index contributed by atoms with van der Waals surface area (Å²) < 4.78 is 64.9. The van der Waals surface area contributed by atoms with Crippen LogP contribution in [0.3, 0.4) is 0 Å². The van der Waals surface area contributed by atoms with E-state index < -0.39 is 26.7 Å². The summed E-state index contributed by atoms with van der Waals surface area (Å²) in [6.07, 6.45) is 0. The lowest BCUT2D eigenvalue weighted by Gasteiger charge is -2.41. The molecular formula is C13H17F5N2O2S. The van der Waals surface area contributed by atoms with Gasteiger partial charge in [-0.2, -0.15) is 0 Å². The highest BCUT2D eigenvalue weighted by Crippen LogP contribution is 3.02. The number of carbonyl (C=O) groups is 1. The van der Waals surface area contributed by atoms with Gasteiger partial charge in [0.2, 0.25) is 0 Å². The molecule has 0 bridgehead atoms.